The summed E-state index contributed by atoms with van der Waals surface area (Å²) >= 11 is 0. The number of carbonyl (C=O) groups excluding carboxylic acids is 1. The van der Waals surface area contributed by atoms with Crippen molar-refractivity contribution in [1.82, 2.24) is 0 Å². The summed E-state index contributed by atoms with van der Waals surface area (Å²) < 4.78 is 0. The van der Waals surface area contributed by atoms with E-state index < -0.39 is 11.4 Å². The lowest BCUT2D eigenvalue weighted by molar-refractivity contribution is -0.190. The van der Waals surface area contributed by atoms with Gasteiger partial charge in [-0.1, -0.05) is 60.1 Å². The summed E-state index contributed by atoms with van der Waals surface area (Å²) in [6.07, 6.45) is 11.3. The summed E-state index contributed by atoms with van der Waals surface area (Å²) in [7, 11) is 0. The van der Waals surface area contributed by atoms with E-state index in [0.717, 1.165) is 51.4 Å². The van der Waals surface area contributed by atoms with Crippen LogP contribution in [0.4, 0.5) is 0 Å². The minimum atomic E-state index is -0.569. The van der Waals surface area contributed by atoms with E-state index in [4.69, 9.17) is 0 Å². The summed E-state index contributed by atoms with van der Waals surface area (Å²) in [5, 5.41) is 10.5. The van der Waals surface area contributed by atoms with Crippen LogP contribution in [0, 0.1) is 56.7 Å². The van der Waals surface area contributed by atoms with Gasteiger partial charge in [0, 0.05) is 11.8 Å². The normalized spacial score (nSPS) is 53.1. The Morgan fingerprint density at radius 1 is 0.939 bits per heavy atom. The van der Waals surface area contributed by atoms with Crippen LogP contribution in [0.1, 0.15) is 106 Å². The Bertz CT molecular complexity index is 916. The Morgan fingerprint density at radius 2 is 1.64 bits per heavy atom. The third kappa shape index (κ3) is 2.69. The number of carbonyl (C=O) groups is 2. The fourth-order valence-corrected chi connectivity index (χ4v) is 10.7. The van der Waals surface area contributed by atoms with Crippen molar-refractivity contribution in [3.63, 3.8) is 0 Å². The largest absolute Gasteiger partial charge is 0.481 e. The molecule has 184 valence electrons. The van der Waals surface area contributed by atoms with Crippen molar-refractivity contribution >= 4 is 11.8 Å². The third-order valence-corrected chi connectivity index (χ3v) is 13.2. The SMILES string of the molecule is C[C@@H]1CC[C@]2(C(=O)O)CC[C@]3(C)C(=CC[C@@H]4[C@@]5(C)CCC(=O)C(C)(C)[C@@H]5CC[C@]43C)C2[C@H]1C. The number of Topliss-reactive ketones (excluding diaryl/α,β-unsaturated/α-hetero) is 1. The van der Waals surface area contributed by atoms with Gasteiger partial charge in [-0.15, -0.1) is 0 Å². The van der Waals surface area contributed by atoms with Crippen LogP contribution >= 0.6 is 0 Å². The first kappa shape index (κ1) is 23.6. The molecule has 5 aliphatic carbocycles. The highest BCUT2D eigenvalue weighted by atomic mass is 16.4. The van der Waals surface area contributed by atoms with Crippen LogP contribution in [-0.2, 0) is 9.59 Å². The molecule has 1 N–H and O–H groups in total. The Hall–Kier alpha value is -1.12. The number of hydrogen-bond acceptors (Lipinski definition) is 2. The first-order valence-electron chi connectivity index (χ1n) is 13.7. The molecule has 0 radical (unpaired) electrons. The van der Waals surface area contributed by atoms with E-state index >= 15 is 0 Å². The number of carboxylic acid groups (broad SMARTS) is 1. The highest BCUT2D eigenvalue weighted by Gasteiger charge is 2.69. The van der Waals surface area contributed by atoms with E-state index in [1.54, 1.807) is 0 Å². The van der Waals surface area contributed by atoms with E-state index in [9.17, 15) is 14.7 Å². The van der Waals surface area contributed by atoms with Crippen molar-refractivity contribution in [3.8, 4) is 0 Å². The van der Waals surface area contributed by atoms with Crippen LogP contribution in [0.5, 0.6) is 0 Å². The van der Waals surface area contributed by atoms with Gasteiger partial charge in [-0.25, -0.2) is 0 Å². The van der Waals surface area contributed by atoms with Crippen molar-refractivity contribution in [1.29, 1.82) is 0 Å². The first-order chi connectivity index (χ1) is 15.3. The molecule has 9 atom stereocenters. The number of allylic oxidation sites excluding steroid dienone is 2. The van der Waals surface area contributed by atoms with E-state index in [-0.39, 0.29) is 27.6 Å². The molecule has 4 fully saturated rings. The lowest BCUT2D eigenvalue weighted by Gasteiger charge is -2.70. The van der Waals surface area contributed by atoms with Crippen molar-refractivity contribution in [2.24, 2.45) is 56.7 Å². The lowest BCUT2D eigenvalue weighted by atomic mass is 9.33. The maximum atomic E-state index is 12.9. The summed E-state index contributed by atoms with van der Waals surface area (Å²) in [5.74, 6) is 2.10. The minimum absolute atomic E-state index is 0.0600. The first-order valence-corrected chi connectivity index (χ1v) is 13.7. The van der Waals surface area contributed by atoms with Gasteiger partial charge in [0.2, 0.25) is 0 Å². The number of hydrogen-bond donors (Lipinski definition) is 1. The average Bonchev–Trinajstić information content (AvgIpc) is 2.74. The molecule has 1 unspecified atom stereocenters. The van der Waals surface area contributed by atoms with Gasteiger partial charge in [0.25, 0.3) is 0 Å². The molecule has 0 aromatic rings. The van der Waals surface area contributed by atoms with Crippen molar-refractivity contribution in [2.45, 2.75) is 106 Å². The number of carboxylic acids is 1. The van der Waals surface area contributed by atoms with Crippen molar-refractivity contribution in [3.05, 3.63) is 11.6 Å². The highest BCUT2D eigenvalue weighted by molar-refractivity contribution is 5.85. The van der Waals surface area contributed by atoms with Gasteiger partial charge in [-0.05, 0) is 97.2 Å². The molecule has 0 bridgehead atoms. The van der Waals surface area contributed by atoms with Gasteiger partial charge in [0.05, 0.1) is 5.41 Å². The van der Waals surface area contributed by atoms with Gasteiger partial charge in [-0.2, -0.15) is 0 Å². The van der Waals surface area contributed by atoms with Gasteiger partial charge < -0.3 is 5.11 Å². The fourth-order valence-electron chi connectivity index (χ4n) is 10.7. The second-order valence-electron chi connectivity index (χ2n) is 14.3. The Balaban J connectivity index is 1.62. The van der Waals surface area contributed by atoms with Gasteiger partial charge >= 0.3 is 5.97 Å². The molecule has 0 saturated heterocycles. The molecule has 5 aliphatic rings. The molecule has 0 spiro atoms. The zero-order valence-electron chi connectivity index (χ0n) is 22.1. The molecular weight excluding hydrogens is 408 g/mol. The fraction of sp³-hybridized carbons (Fsp3) is 0.867. The molecule has 3 heteroatoms. The number of ketones is 1. The molecular formula is C30H46O3. The number of fused-ring (bicyclic) bond motifs is 7. The predicted octanol–water partition coefficient (Wildman–Crippen LogP) is 7.30. The zero-order valence-corrected chi connectivity index (χ0v) is 22.1. The monoisotopic (exact) mass is 454 g/mol. The molecule has 3 nitrogen and oxygen atoms in total. The summed E-state index contributed by atoms with van der Waals surface area (Å²) in [6.45, 7) is 16.7. The van der Waals surface area contributed by atoms with Gasteiger partial charge in [0.1, 0.15) is 5.78 Å². The van der Waals surface area contributed by atoms with Crippen LogP contribution in [0.25, 0.3) is 0 Å². The van der Waals surface area contributed by atoms with E-state index in [1.165, 1.54) is 12.0 Å². The van der Waals surface area contributed by atoms with E-state index in [1.807, 2.05) is 0 Å². The van der Waals surface area contributed by atoms with E-state index in [2.05, 4.69) is 54.5 Å². The van der Waals surface area contributed by atoms with Gasteiger partial charge in [0.15, 0.2) is 0 Å². The lowest BCUT2D eigenvalue weighted by Crippen LogP contribution is -2.65. The summed E-state index contributed by atoms with van der Waals surface area (Å²) in [4.78, 5) is 25.7. The Labute approximate surface area is 201 Å². The molecule has 0 aromatic heterocycles. The molecule has 0 aliphatic heterocycles. The standard InChI is InChI=1S/C30H46O3/c1-18-10-15-30(25(32)33)17-16-28(6)20(24(30)19(18)2)8-9-22-27(5)13-12-23(31)26(3,4)21(27)11-14-29(22,28)7/h8,18-19,21-22,24H,9-17H2,1-7H3,(H,32,33)/t18-,19+,21+,22-,24?,27+,28-,29-,30+/m1/s1. The molecule has 0 amide bonds. The molecule has 0 aromatic carbocycles. The highest BCUT2D eigenvalue weighted by Crippen LogP contribution is 2.75. The van der Waals surface area contributed by atoms with Crippen LogP contribution in [-0.4, -0.2) is 16.9 Å². The number of rotatable bonds is 1. The van der Waals surface area contributed by atoms with Crippen LogP contribution in [0.15, 0.2) is 11.6 Å². The van der Waals surface area contributed by atoms with Crippen molar-refractivity contribution < 1.29 is 14.7 Å². The predicted molar refractivity (Wildman–Crippen MR) is 132 cm³/mol. The average molecular weight is 455 g/mol. The summed E-state index contributed by atoms with van der Waals surface area (Å²) in [6, 6.07) is 0. The van der Waals surface area contributed by atoms with Crippen molar-refractivity contribution in [2.75, 3.05) is 0 Å². The van der Waals surface area contributed by atoms with Crippen LogP contribution in [0.2, 0.25) is 0 Å². The Kier molecular flexibility index (Phi) is 4.99. The second kappa shape index (κ2) is 6.97. The topological polar surface area (TPSA) is 54.4 Å². The van der Waals surface area contributed by atoms with E-state index in [0.29, 0.717) is 29.5 Å². The smallest absolute Gasteiger partial charge is 0.310 e. The zero-order chi connectivity index (χ0) is 24.2. The maximum Gasteiger partial charge on any atom is 0.310 e. The van der Waals surface area contributed by atoms with Gasteiger partial charge in [-0.3, -0.25) is 9.59 Å². The quantitative estimate of drug-likeness (QED) is 0.423. The molecule has 4 saturated carbocycles. The third-order valence-electron chi connectivity index (χ3n) is 13.2. The minimum Gasteiger partial charge on any atom is -0.481 e. The van der Waals surface area contributed by atoms with Crippen LogP contribution in [0.3, 0.4) is 0 Å². The maximum absolute atomic E-state index is 12.9. The molecule has 0 heterocycles. The molecule has 5 rings (SSSR count). The molecule has 33 heavy (non-hydrogen) atoms. The number of aliphatic carboxylic acids is 1. The Morgan fingerprint density at radius 3 is 2.30 bits per heavy atom. The second-order valence-corrected chi connectivity index (χ2v) is 14.3. The summed E-state index contributed by atoms with van der Waals surface area (Å²) in [5.41, 5.74) is 1.12. The van der Waals surface area contributed by atoms with Crippen LogP contribution < -0.4 is 0 Å².